The van der Waals surface area contributed by atoms with Crippen LogP contribution in [0.25, 0.3) is 33.4 Å². The van der Waals surface area contributed by atoms with Crippen molar-refractivity contribution in [3.8, 4) is 50.6 Å². The van der Waals surface area contributed by atoms with Gasteiger partial charge in [0.05, 0.1) is 5.41 Å². The van der Waals surface area contributed by atoms with E-state index in [-0.39, 0.29) is 5.75 Å². The average Bonchev–Trinajstić information content (AvgIpc) is 3.67. The Morgan fingerprint density at radius 1 is 0.420 bits per heavy atom. The van der Waals surface area contributed by atoms with Gasteiger partial charge in [-0.15, -0.1) is 0 Å². The van der Waals surface area contributed by atoms with Gasteiger partial charge in [0.2, 0.25) is 0 Å². The van der Waals surface area contributed by atoms with Crippen molar-refractivity contribution in [3.05, 3.63) is 196 Å². The van der Waals surface area contributed by atoms with Crippen molar-refractivity contribution in [2.24, 2.45) is 0 Å². The molecule has 9 rings (SSSR count). The van der Waals surface area contributed by atoms with E-state index in [0.717, 1.165) is 39.8 Å². The van der Waals surface area contributed by atoms with Crippen molar-refractivity contribution in [2.45, 2.75) is 11.8 Å². The molecule has 0 saturated carbocycles. The number of phenols is 3. The number of aromatic hydroxyl groups is 3. The lowest BCUT2D eigenvalue weighted by Gasteiger charge is -2.34. The van der Waals surface area contributed by atoms with Crippen LogP contribution in [0.3, 0.4) is 0 Å². The van der Waals surface area contributed by atoms with Gasteiger partial charge in [-0.2, -0.15) is 0 Å². The summed E-state index contributed by atoms with van der Waals surface area (Å²) in [5.74, 6) is -3.28. The first-order valence-electron chi connectivity index (χ1n) is 16.1. The molecule has 50 heavy (non-hydrogen) atoms. The van der Waals surface area contributed by atoms with Crippen molar-refractivity contribution in [1.82, 2.24) is 0 Å². The van der Waals surface area contributed by atoms with E-state index in [0.29, 0.717) is 11.1 Å². The quantitative estimate of drug-likeness (QED) is 0.176. The van der Waals surface area contributed by atoms with Crippen LogP contribution in [0, 0.1) is 17.5 Å². The van der Waals surface area contributed by atoms with E-state index in [4.69, 9.17) is 0 Å². The van der Waals surface area contributed by atoms with Crippen LogP contribution in [0.5, 0.6) is 17.2 Å². The summed E-state index contributed by atoms with van der Waals surface area (Å²) in [4.78, 5) is 0. The Morgan fingerprint density at radius 2 is 0.880 bits per heavy atom. The molecule has 0 aromatic heterocycles. The molecule has 0 heterocycles. The van der Waals surface area contributed by atoms with E-state index in [1.165, 1.54) is 58.7 Å². The summed E-state index contributed by atoms with van der Waals surface area (Å²) in [5.41, 5.74) is 10.7. The molecular formula is C44H29F3O3. The van der Waals surface area contributed by atoms with Gasteiger partial charge in [0, 0.05) is 0 Å². The average molecular weight is 663 g/mol. The predicted molar refractivity (Wildman–Crippen MR) is 189 cm³/mol. The van der Waals surface area contributed by atoms with Crippen LogP contribution in [0.2, 0.25) is 0 Å². The maximum Gasteiger partial charge on any atom is 0.165 e. The minimum absolute atomic E-state index is 0.311. The molecule has 7 aromatic carbocycles. The van der Waals surface area contributed by atoms with Crippen molar-refractivity contribution in [2.75, 3.05) is 0 Å². The third-order valence-corrected chi connectivity index (χ3v) is 9.82. The zero-order chi connectivity index (χ0) is 34.6. The molecule has 3 N–H and O–H groups in total. The fourth-order valence-electron chi connectivity index (χ4n) is 7.61. The van der Waals surface area contributed by atoms with E-state index < -0.39 is 34.4 Å². The van der Waals surface area contributed by atoms with Gasteiger partial charge >= 0.3 is 0 Å². The zero-order valence-electron chi connectivity index (χ0n) is 26.5. The number of phenolic OH excluding ortho intramolecular Hbond substituents is 3. The summed E-state index contributed by atoms with van der Waals surface area (Å²) in [6.45, 7) is 0. The molecule has 244 valence electrons. The second-order valence-electron chi connectivity index (χ2n) is 12.5. The topological polar surface area (TPSA) is 60.7 Å². The van der Waals surface area contributed by atoms with Crippen molar-refractivity contribution in [3.63, 3.8) is 0 Å². The van der Waals surface area contributed by atoms with E-state index in [1.807, 2.05) is 72.8 Å². The lowest BCUT2D eigenvalue weighted by atomic mass is 9.67. The molecule has 0 fully saturated rings. The molecule has 0 atom stereocenters. The van der Waals surface area contributed by atoms with Crippen LogP contribution in [-0.4, -0.2) is 15.3 Å². The van der Waals surface area contributed by atoms with Gasteiger partial charge in [-0.1, -0.05) is 109 Å². The third kappa shape index (κ3) is 4.83. The lowest BCUT2D eigenvalue weighted by Crippen LogP contribution is -2.28. The standard InChI is InChI=1S/C25H16F2O2.C19H13FO/c26-21-13-15(9-11-23(21)28)25(16-10-12-24(29)22(27)14-16)19-7-3-1-5-17(19)18-6-2-4-8-20(18)25;20-18-11-13(8-9-19(18)21)15-6-3-7-16-14-5-2-1-4-12(14)10-17(15)16/h1-14,28-29H;1-9,11,21H,10H2. The van der Waals surface area contributed by atoms with Crippen molar-refractivity contribution < 1.29 is 28.5 Å². The van der Waals surface area contributed by atoms with Crippen LogP contribution >= 0.6 is 0 Å². The highest BCUT2D eigenvalue weighted by atomic mass is 19.1. The minimum Gasteiger partial charge on any atom is -0.505 e. The predicted octanol–water partition coefficient (Wildman–Crippen LogP) is 10.5. The van der Waals surface area contributed by atoms with Crippen LogP contribution in [0.4, 0.5) is 13.2 Å². The number of hydrogen-bond donors (Lipinski definition) is 3. The SMILES string of the molecule is Oc1ccc(-c2cccc3c2Cc2ccccc2-3)cc1F.Oc1ccc(C2(c3ccc(O)c(F)c3)c3ccccc3-c3ccccc32)cc1F. The normalized spacial score (nSPS) is 13.0. The maximum absolute atomic E-state index is 14.4. The molecule has 0 unspecified atom stereocenters. The van der Waals surface area contributed by atoms with Gasteiger partial charge < -0.3 is 15.3 Å². The first-order valence-corrected chi connectivity index (χ1v) is 16.1. The summed E-state index contributed by atoms with van der Waals surface area (Å²) in [7, 11) is 0. The second-order valence-corrected chi connectivity index (χ2v) is 12.5. The van der Waals surface area contributed by atoms with E-state index in [2.05, 4.69) is 18.2 Å². The molecule has 0 spiro atoms. The summed E-state index contributed by atoms with van der Waals surface area (Å²) < 4.78 is 42.5. The van der Waals surface area contributed by atoms with Gasteiger partial charge in [0.1, 0.15) is 0 Å². The summed E-state index contributed by atoms with van der Waals surface area (Å²) in [5, 5.41) is 28.8. The molecule has 0 bridgehead atoms. The second kappa shape index (κ2) is 12.0. The Balaban J connectivity index is 0.000000152. The van der Waals surface area contributed by atoms with Crippen molar-refractivity contribution in [1.29, 1.82) is 0 Å². The number of rotatable bonds is 3. The number of halogens is 3. The zero-order valence-corrected chi connectivity index (χ0v) is 26.5. The molecule has 3 nitrogen and oxygen atoms in total. The molecule has 0 aliphatic heterocycles. The summed E-state index contributed by atoms with van der Waals surface area (Å²) >= 11 is 0. The Morgan fingerprint density at radius 3 is 1.44 bits per heavy atom. The number of benzene rings is 7. The highest BCUT2D eigenvalue weighted by Gasteiger charge is 2.46. The summed E-state index contributed by atoms with van der Waals surface area (Å²) in [6, 6.07) is 43.1. The van der Waals surface area contributed by atoms with E-state index in [1.54, 1.807) is 18.2 Å². The molecule has 0 amide bonds. The first kappa shape index (κ1) is 31.0. The summed E-state index contributed by atoms with van der Waals surface area (Å²) in [6.07, 6.45) is 0.865. The van der Waals surface area contributed by atoms with E-state index >= 15 is 0 Å². The van der Waals surface area contributed by atoms with Gasteiger partial charge in [-0.25, -0.2) is 13.2 Å². The molecule has 0 saturated heterocycles. The fraction of sp³-hybridized carbons (Fsp3) is 0.0455. The van der Waals surface area contributed by atoms with Gasteiger partial charge in [0.15, 0.2) is 34.7 Å². The van der Waals surface area contributed by atoms with E-state index in [9.17, 15) is 28.5 Å². The first-order chi connectivity index (χ1) is 24.3. The molecule has 2 aliphatic carbocycles. The molecule has 2 aliphatic rings. The van der Waals surface area contributed by atoms with Gasteiger partial charge in [0.25, 0.3) is 0 Å². The highest BCUT2D eigenvalue weighted by Crippen LogP contribution is 2.56. The number of hydrogen-bond acceptors (Lipinski definition) is 3. The molecule has 6 heteroatoms. The lowest BCUT2D eigenvalue weighted by molar-refractivity contribution is 0.430. The number of fused-ring (bicyclic) bond motifs is 6. The molecular weight excluding hydrogens is 633 g/mol. The van der Waals surface area contributed by atoms with Crippen LogP contribution in [0.15, 0.2) is 146 Å². The van der Waals surface area contributed by atoms with Crippen LogP contribution < -0.4 is 0 Å². The van der Waals surface area contributed by atoms with Gasteiger partial charge in [-0.05, 0) is 110 Å². The monoisotopic (exact) mass is 662 g/mol. The Bertz CT molecular complexity index is 2350. The Kier molecular flexibility index (Phi) is 7.45. The molecule has 7 aromatic rings. The maximum atomic E-state index is 14.4. The Hall–Kier alpha value is -6.27. The van der Waals surface area contributed by atoms with Crippen LogP contribution in [-0.2, 0) is 11.8 Å². The smallest absolute Gasteiger partial charge is 0.165 e. The van der Waals surface area contributed by atoms with Crippen LogP contribution in [0.1, 0.15) is 33.4 Å². The highest BCUT2D eigenvalue weighted by molar-refractivity contribution is 5.87. The molecule has 0 radical (unpaired) electrons. The Labute approximate surface area is 286 Å². The van der Waals surface area contributed by atoms with Gasteiger partial charge in [-0.3, -0.25) is 0 Å². The third-order valence-electron chi connectivity index (χ3n) is 9.82. The largest absolute Gasteiger partial charge is 0.505 e. The minimum atomic E-state index is -0.990. The van der Waals surface area contributed by atoms with Crippen molar-refractivity contribution >= 4 is 0 Å². The fourth-order valence-corrected chi connectivity index (χ4v) is 7.61.